The zero-order chi connectivity index (χ0) is 13.5. The maximum atomic E-state index is 10.9. The number of aliphatic hydroxyl groups excluding tert-OH is 1. The predicted molar refractivity (Wildman–Crippen MR) is 61.6 cm³/mol. The number of nitrogens with zero attached hydrogens (tertiary/aromatic N) is 3. The third kappa shape index (κ3) is 3.25. The minimum absolute atomic E-state index is 0.0250. The summed E-state index contributed by atoms with van der Waals surface area (Å²) in [6.07, 6.45) is 1.13. The van der Waals surface area contributed by atoms with Crippen LogP contribution in [0.5, 0.6) is 5.88 Å². The normalized spacial score (nSPS) is 11.9. The second-order valence-electron chi connectivity index (χ2n) is 3.32. The molecule has 1 aromatic rings. The van der Waals surface area contributed by atoms with Crippen molar-refractivity contribution in [2.24, 2.45) is 0 Å². The lowest BCUT2D eigenvalue weighted by Crippen LogP contribution is -2.29. The summed E-state index contributed by atoms with van der Waals surface area (Å²) in [6, 6.07) is -0.506. The van der Waals surface area contributed by atoms with Gasteiger partial charge in [0.15, 0.2) is 0 Å². The average Bonchev–Trinajstić information content (AvgIpc) is 2.37. The zero-order valence-corrected chi connectivity index (χ0v) is 9.99. The van der Waals surface area contributed by atoms with Gasteiger partial charge in [-0.25, -0.2) is 4.98 Å². The molecule has 0 aliphatic carbocycles. The number of hydrogen-bond donors (Lipinski definition) is 2. The molecular formula is C9H14N4O5. The molecule has 0 aliphatic rings. The fourth-order valence-corrected chi connectivity index (χ4v) is 1.32. The number of aliphatic hydroxyl groups is 1. The van der Waals surface area contributed by atoms with E-state index >= 15 is 0 Å². The minimum atomic E-state index is -0.650. The topological polar surface area (TPSA) is 120 Å². The summed E-state index contributed by atoms with van der Waals surface area (Å²) in [5.41, 5.74) is -0.380. The van der Waals surface area contributed by atoms with Crippen molar-refractivity contribution in [1.82, 2.24) is 9.97 Å². The van der Waals surface area contributed by atoms with Crippen LogP contribution < -0.4 is 10.1 Å². The van der Waals surface area contributed by atoms with Gasteiger partial charge in [0.1, 0.15) is 6.33 Å². The molecule has 0 aliphatic heterocycles. The Kier molecular flexibility index (Phi) is 5.21. The first-order chi connectivity index (χ1) is 8.63. The molecule has 9 nitrogen and oxygen atoms in total. The molecule has 1 rings (SSSR count). The monoisotopic (exact) mass is 258 g/mol. The Morgan fingerprint density at radius 1 is 1.56 bits per heavy atom. The zero-order valence-electron chi connectivity index (χ0n) is 9.99. The highest BCUT2D eigenvalue weighted by Crippen LogP contribution is 2.30. The highest BCUT2D eigenvalue weighted by Gasteiger charge is 2.25. The van der Waals surface area contributed by atoms with Crippen LogP contribution in [0.15, 0.2) is 6.33 Å². The fourth-order valence-electron chi connectivity index (χ4n) is 1.32. The van der Waals surface area contributed by atoms with E-state index in [9.17, 15) is 10.1 Å². The number of hydrogen-bond acceptors (Lipinski definition) is 8. The van der Waals surface area contributed by atoms with Crippen molar-refractivity contribution in [3.05, 3.63) is 16.4 Å². The molecular weight excluding hydrogens is 244 g/mol. The van der Waals surface area contributed by atoms with Crippen LogP contribution in [0.1, 0.15) is 0 Å². The van der Waals surface area contributed by atoms with Gasteiger partial charge in [-0.2, -0.15) is 4.98 Å². The quantitative estimate of drug-likeness (QED) is 0.510. The fraction of sp³-hybridized carbons (Fsp3) is 0.556. The maximum Gasteiger partial charge on any atom is 0.372 e. The lowest BCUT2D eigenvalue weighted by atomic mass is 10.3. The number of rotatable bonds is 7. The van der Waals surface area contributed by atoms with Gasteiger partial charge >= 0.3 is 5.69 Å². The van der Waals surface area contributed by atoms with Gasteiger partial charge in [-0.3, -0.25) is 10.1 Å². The third-order valence-electron chi connectivity index (χ3n) is 2.09. The highest BCUT2D eigenvalue weighted by atomic mass is 16.6. The van der Waals surface area contributed by atoms with Crippen LogP contribution in [-0.2, 0) is 4.74 Å². The summed E-state index contributed by atoms with van der Waals surface area (Å²) >= 11 is 0. The van der Waals surface area contributed by atoms with Gasteiger partial charge < -0.3 is 19.9 Å². The molecule has 1 unspecified atom stereocenters. The molecule has 0 saturated heterocycles. The van der Waals surface area contributed by atoms with E-state index in [4.69, 9.17) is 14.6 Å². The Hall–Kier alpha value is -2.00. The van der Waals surface area contributed by atoms with E-state index in [0.717, 1.165) is 6.33 Å². The first kappa shape index (κ1) is 14.1. The average molecular weight is 258 g/mol. The third-order valence-corrected chi connectivity index (χ3v) is 2.09. The number of nitro groups is 1. The van der Waals surface area contributed by atoms with Crippen molar-refractivity contribution in [2.45, 2.75) is 6.04 Å². The summed E-state index contributed by atoms with van der Waals surface area (Å²) in [7, 11) is 2.73. The van der Waals surface area contributed by atoms with Crippen LogP contribution >= 0.6 is 0 Å². The van der Waals surface area contributed by atoms with Crippen LogP contribution in [0.2, 0.25) is 0 Å². The summed E-state index contributed by atoms with van der Waals surface area (Å²) in [5.74, 6) is -0.172. The minimum Gasteiger partial charge on any atom is -0.476 e. The molecule has 0 saturated carbocycles. The SMILES string of the molecule is COCC(CO)Nc1ncnc(OC)c1[N+](=O)[O-]. The molecule has 0 spiro atoms. The second kappa shape index (κ2) is 6.67. The van der Waals surface area contributed by atoms with Gasteiger partial charge in [0, 0.05) is 7.11 Å². The Morgan fingerprint density at radius 3 is 2.78 bits per heavy atom. The highest BCUT2D eigenvalue weighted by molar-refractivity contribution is 5.61. The summed E-state index contributed by atoms with van der Waals surface area (Å²) in [6.45, 7) is -0.0721. The molecule has 9 heteroatoms. The van der Waals surface area contributed by atoms with Crippen molar-refractivity contribution in [3.63, 3.8) is 0 Å². The first-order valence-electron chi connectivity index (χ1n) is 5.03. The molecule has 0 amide bonds. The van der Waals surface area contributed by atoms with Crippen LogP contribution in [0.4, 0.5) is 11.5 Å². The van der Waals surface area contributed by atoms with Gasteiger partial charge in [-0.05, 0) is 0 Å². The summed E-state index contributed by atoms with van der Waals surface area (Å²) in [4.78, 5) is 17.7. The molecule has 0 bridgehead atoms. The van der Waals surface area contributed by atoms with Crippen LogP contribution in [0.25, 0.3) is 0 Å². The number of nitrogens with one attached hydrogen (secondary N) is 1. The van der Waals surface area contributed by atoms with Crippen molar-refractivity contribution >= 4 is 11.5 Å². The lowest BCUT2D eigenvalue weighted by Gasteiger charge is -2.15. The Balaban J connectivity index is 3.03. The number of methoxy groups -OCH3 is 2. The van der Waals surface area contributed by atoms with E-state index in [2.05, 4.69) is 15.3 Å². The lowest BCUT2D eigenvalue weighted by molar-refractivity contribution is -0.385. The number of ether oxygens (including phenoxy) is 2. The second-order valence-corrected chi connectivity index (χ2v) is 3.32. The van der Waals surface area contributed by atoms with E-state index in [1.807, 2.05) is 0 Å². The van der Waals surface area contributed by atoms with Crippen molar-refractivity contribution in [3.8, 4) is 5.88 Å². The van der Waals surface area contributed by atoms with E-state index < -0.39 is 11.0 Å². The molecule has 0 aromatic carbocycles. The maximum absolute atomic E-state index is 10.9. The van der Waals surface area contributed by atoms with Crippen LogP contribution in [0, 0.1) is 10.1 Å². The van der Waals surface area contributed by atoms with Crippen molar-refractivity contribution in [2.75, 3.05) is 32.8 Å². The van der Waals surface area contributed by atoms with Gasteiger partial charge in [0.25, 0.3) is 5.88 Å². The van der Waals surface area contributed by atoms with Gasteiger partial charge in [-0.15, -0.1) is 0 Å². The Morgan fingerprint density at radius 2 is 2.28 bits per heavy atom. The van der Waals surface area contributed by atoms with Crippen LogP contribution in [0.3, 0.4) is 0 Å². The molecule has 0 fully saturated rings. The van der Waals surface area contributed by atoms with E-state index in [0.29, 0.717) is 0 Å². The molecule has 100 valence electrons. The molecule has 18 heavy (non-hydrogen) atoms. The Bertz CT molecular complexity index is 414. The predicted octanol–water partition coefficient (Wildman–Crippen LogP) is -0.187. The molecule has 1 aromatic heterocycles. The number of aromatic nitrogens is 2. The largest absolute Gasteiger partial charge is 0.476 e. The van der Waals surface area contributed by atoms with Gasteiger partial charge in [0.05, 0.1) is 31.3 Å². The van der Waals surface area contributed by atoms with E-state index in [-0.39, 0.29) is 30.6 Å². The first-order valence-corrected chi connectivity index (χ1v) is 5.03. The molecule has 2 N–H and O–H groups in total. The Labute approximate surface area is 103 Å². The summed E-state index contributed by atoms with van der Waals surface area (Å²) in [5, 5.41) is 22.7. The van der Waals surface area contributed by atoms with Crippen LogP contribution in [-0.4, -0.2) is 53.5 Å². The number of anilines is 1. The molecule has 1 atom stereocenters. The van der Waals surface area contributed by atoms with E-state index in [1.54, 1.807) is 0 Å². The standard InChI is InChI=1S/C9H14N4O5/c1-17-4-6(3-14)12-8-7(13(15)16)9(18-2)11-5-10-8/h5-6,14H,3-4H2,1-2H3,(H,10,11,12). The van der Waals surface area contributed by atoms with Gasteiger partial charge in [0.2, 0.25) is 5.82 Å². The molecule has 1 heterocycles. The van der Waals surface area contributed by atoms with Crippen molar-refractivity contribution in [1.29, 1.82) is 0 Å². The smallest absolute Gasteiger partial charge is 0.372 e. The molecule has 0 radical (unpaired) electrons. The van der Waals surface area contributed by atoms with Crippen molar-refractivity contribution < 1.29 is 19.5 Å². The summed E-state index contributed by atoms with van der Waals surface area (Å²) < 4.78 is 9.65. The van der Waals surface area contributed by atoms with E-state index in [1.165, 1.54) is 14.2 Å². The van der Waals surface area contributed by atoms with Gasteiger partial charge in [-0.1, -0.05) is 0 Å².